The van der Waals surface area contributed by atoms with Gasteiger partial charge in [0, 0.05) is 5.88 Å². The average molecular weight is 249 g/mol. The van der Waals surface area contributed by atoms with Crippen LogP contribution >= 0.6 is 22.9 Å². The molecular formula is C12H9ClN2S. The Kier molecular flexibility index (Phi) is 3.23. The van der Waals surface area contributed by atoms with Crippen molar-refractivity contribution in [3.8, 4) is 6.07 Å². The molecule has 4 heteroatoms. The van der Waals surface area contributed by atoms with Gasteiger partial charge in [0.15, 0.2) is 0 Å². The summed E-state index contributed by atoms with van der Waals surface area (Å²) in [6.07, 6.45) is 0. The number of para-hydroxylation sites is 1. The number of nitriles is 1. The summed E-state index contributed by atoms with van der Waals surface area (Å²) in [6, 6.07) is 10.0. The Morgan fingerprint density at radius 1 is 1.50 bits per heavy atom. The van der Waals surface area contributed by atoms with E-state index in [4.69, 9.17) is 16.9 Å². The summed E-state index contributed by atoms with van der Waals surface area (Å²) in [5, 5.41) is 9.86. The minimum atomic E-state index is 0.360. The fourth-order valence-electron chi connectivity index (χ4n) is 1.37. The fraction of sp³-hybridized carbons (Fsp3) is 0.167. The lowest BCUT2D eigenvalue weighted by Crippen LogP contribution is -1.87. The molecule has 0 aliphatic rings. The molecule has 0 bridgehead atoms. The van der Waals surface area contributed by atoms with Gasteiger partial charge in [-0.2, -0.15) is 5.26 Å². The van der Waals surface area contributed by atoms with Crippen LogP contribution < -0.4 is 0 Å². The number of rotatable bonds is 2. The second kappa shape index (κ2) is 4.65. The molecule has 16 heavy (non-hydrogen) atoms. The highest BCUT2D eigenvalue weighted by atomic mass is 35.5. The lowest BCUT2D eigenvalue weighted by atomic mass is 10.2. The third kappa shape index (κ3) is 1.95. The molecule has 0 saturated carbocycles. The van der Waals surface area contributed by atoms with E-state index < -0.39 is 0 Å². The summed E-state index contributed by atoms with van der Waals surface area (Å²) < 4.78 is 1.09. The van der Waals surface area contributed by atoms with Gasteiger partial charge in [-0.25, -0.2) is 4.98 Å². The van der Waals surface area contributed by atoms with Gasteiger partial charge in [-0.1, -0.05) is 12.1 Å². The van der Waals surface area contributed by atoms with E-state index in [9.17, 15) is 0 Å². The van der Waals surface area contributed by atoms with E-state index in [0.29, 0.717) is 11.5 Å². The normalized spacial score (nSPS) is 12.3. The van der Waals surface area contributed by atoms with E-state index >= 15 is 0 Å². The molecule has 0 amide bonds. The van der Waals surface area contributed by atoms with Crippen LogP contribution in [0.4, 0.5) is 0 Å². The summed E-state index contributed by atoms with van der Waals surface area (Å²) in [7, 11) is 0. The van der Waals surface area contributed by atoms with Crippen LogP contribution in [0.1, 0.15) is 11.9 Å². The molecule has 0 aliphatic carbocycles. The van der Waals surface area contributed by atoms with Crippen LogP contribution in [0.2, 0.25) is 0 Å². The minimum Gasteiger partial charge on any atom is -0.235 e. The molecule has 0 unspecified atom stereocenters. The highest BCUT2D eigenvalue weighted by molar-refractivity contribution is 7.19. The quantitative estimate of drug-likeness (QED) is 0.598. The lowest BCUT2D eigenvalue weighted by Gasteiger charge is -1.96. The number of nitrogens with zero attached hydrogens (tertiary/aromatic N) is 2. The van der Waals surface area contributed by atoms with E-state index in [-0.39, 0.29) is 0 Å². The maximum Gasteiger partial charge on any atom is 0.135 e. The predicted octanol–water partition coefficient (Wildman–Crippen LogP) is 3.83. The van der Waals surface area contributed by atoms with Gasteiger partial charge >= 0.3 is 0 Å². The Balaban J connectivity index is 2.60. The van der Waals surface area contributed by atoms with Crippen LogP contribution in [0.15, 0.2) is 29.8 Å². The summed E-state index contributed by atoms with van der Waals surface area (Å²) >= 11 is 7.27. The first-order chi connectivity index (χ1) is 7.76. The highest BCUT2D eigenvalue weighted by Crippen LogP contribution is 2.28. The maximum absolute atomic E-state index is 9.11. The van der Waals surface area contributed by atoms with Gasteiger partial charge in [-0.05, 0) is 24.6 Å². The third-order valence-corrected chi connectivity index (χ3v) is 3.70. The van der Waals surface area contributed by atoms with Gasteiger partial charge in [0.05, 0.1) is 15.8 Å². The number of hydrogen-bond acceptors (Lipinski definition) is 3. The highest BCUT2D eigenvalue weighted by Gasteiger charge is 2.10. The summed E-state index contributed by atoms with van der Waals surface area (Å²) in [5.41, 5.74) is 2.39. The van der Waals surface area contributed by atoms with E-state index in [0.717, 1.165) is 20.8 Å². The summed E-state index contributed by atoms with van der Waals surface area (Å²) in [4.78, 5) is 4.43. The fourth-order valence-corrected chi connectivity index (χ4v) is 2.54. The largest absolute Gasteiger partial charge is 0.235 e. The van der Waals surface area contributed by atoms with Crippen molar-refractivity contribution in [2.45, 2.75) is 6.92 Å². The van der Waals surface area contributed by atoms with Crippen molar-refractivity contribution in [1.29, 1.82) is 5.26 Å². The summed E-state index contributed by atoms with van der Waals surface area (Å²) in [5.74, 6) is 0.360. The van der Waals surface area contributed by atoms with Crippen molar-refractivity contribution >= 4 is 38.7 Å². The number of halogens is 1. The van der Waals surface area contributed by atoms with Crippen LogP contribution in [0.25, 0.3) is 15.8 Å². The zero-order valence-electron chi connectivity index (χ0n) is 8.70. The van der Waals surface area contributed by atoms with Crippen molar-refractivity contribution in [2.24, 2.45) is 0 Å². The van der Waals surface area contributed by atoms with Crippen LogP contribution in [0.5, 0.6) is 0 Å². The molecule has 0 aliphatic heterocycles. The van der Waals surface area contributed by atoms with Crippen molar-refractivity contribution in [3.63, 3.8) is 0 Å². The van der Waals surface area contributed by atoms with Gasteiger partial charge in [0.2, 0.25) is 0 Å². The third-order valence-electron chi connectivity index (χ3n) is 2.25. The zero-order chi connectivity index (χ0) is 11.5. The average Bonchev–Trinajstić information content (AvgIpc) is 2.72. The second-order valence-corrected chi connectivity index (χ2v) is 4.69. The number of alkyl halides is 1. The number of hydrogen-bond donors (Lipinski definition) is 0. The first-order valence-electron chi connectivity index (χ1n) is 4.78. The molecule has 0 radical (unpaired) electrons. The van der Waals surface area contributed by atoms with Crippen LogP contribution in [-0.2, 0) is 0 Å². The number of aromatic nitrogens is 1. The zero-order valence-corrected chi connectivity index (χ0v) is 10.3. The van der Waals surface area contributed by atoms with Crippen LogP contribution in [0.3, 0.4) is 0 Å². The Morgan fingerprint density at radius 2 is 2.25 bits per heavy atom. The van der Waals surface area contributed by atoms with E-state index in [1.807, 2.05) is 31.2 Å². The van der Waals surface area contributed by atoms with Gasteiger partial charge in [0.1, 0.15) is 11.1 Å². The SMILES string of the molecule is C/C(CCl)=C(/C#N)c1nc2ccccc2s1. The van der Waals surface area contributed by atoms with Crippen molar-refractivity contribution < 1.29 is 0 Å². The number of benzene rings is 1. The molecular weight excluding hydrogens is 240 g/mol. The monoisotopic (exact) mass is 248 g/mol. The van der Waals surface area contributed by atoms with E-state index in [1.165, 1.54) is 11.3 Å². The minimum absolute atomic E-state index is 0.360. The Morgan fingerprint density at radius 3 is 2.88 bits per heavy atom. The molecule has 0 atom stereocenters. The van der Waals surface area contributed by atoms with Gasteiger partial charge in [-0.15, -0.1) is 22.9 Å². The first kappa shape index (κ1) is 11.1. The van der Waals surface area contributed by atoms with Crippen LogP contribution in [0, 0.1) is 11.3 Å². The smallest absolute Gasteiger partial charge is 0.135 e. The Labute approximate surface area is 103 Å². The topological polar surface area (TPSA) is 36.7 Å². The van der Waals surface area contributed by atoms with Gasteiger partial charge in [-0.3, -0.25) is 0 Å². The van der Waals surface area contributed by atoms with E-state index in [2.05, 4.69) is 11.1 Å². The van der Waals surface area contributed by atoms with Crippen molar-refractivity contribution in [1.82, 2.24) is 4.98 Å². The molecule has 0 fully saturated rings. The summed E-state index contributed by atoms with van der Waals surface area (Å²) in [6.45, 7) is 1.86. The molecule has 0 N–H and O–H groups in total. The van der Waals surface area contributed by atoms with Crippen LogP contribution in [-0.4, -0.2) is 10.9 Å². The van der Waals surface area contributed by atoms with E-state index in [1.54, 1.807) is 0 Å². The van der Waals surface area contributed by atoms with Crippen molar-refractivity contribution in [3.05, 3.63) is 34.8 Å². The predicted molar refractivity (Wildman–Crippen MR) is 68.5 cm³/mol. The second-order valence-electron chi connectivity index (χ2n) is 3.39. The number of fused-ring (bicyclic) bond motifs is 1. The van der Waals surface area contributed by atoms with Gasteiger partial charge in [0.25, 0.3) is 0 Å². The Bertz CT molecular complexity index is 559. The molecule has 2 rings (SSSR count). The number of thiazole rings is 1. The maximum atomic E-state index is 9.11. The standard InChI is InChI=1S/C12H9ClN2S/c1-8(6-13)9(7-14)12-15-10-4-2-3-5-11(10)16-12/h2-5H,6H2,1H3/b9-8+. The molecule has 0 saturated heterocycles. The molecule has 2 nitrogen and oxygen atoms in total. The van der Waals surface area contributed by atoms with Gasteiger partial charge < -0.3 is 0 Å². The molecule has 2 aromatic rings. The Hall–Kier alpha value is -1.37. The molecule has 0 spiro atoms. The first-order valence-corrected chi connectivity index (χ1v) is 6.13. The lowest BCUT2D eigenvalue weighted by molar-refractivity contribution is 1.36. The molecule has 80 valence electrons. The molecule has 1 aromatic heterocycles. The number of allylic oxidation sites excluding steroid dienone is 2. The molecule has 1 aromatic carbocycles. The molecule has 1 heterocycles. The van der Waals surface area contributed by atoms with Crippen molar-refractivity contribution in [2.75, 3.05) is 5.88 Å².